The van der Waals surface area contributed by atoms with Crippen LogP contribution in [-0.2, 0) is 4.79 Å². The molecule has 114 valence electrons. The van der Waals surface area contributed by atoms with Gasteiger partial charge in [0.25, 0.3) is 0 Å². The minimum absolute atomic E-state index is 0. The van der Waals surface area contributed by atoms with Crippen LogP contribution in [0.5, 0.6) is 5.75 Å². The number of aryl methyl sites for hydroxylation is 1. The number of carbonyl (C=O) groups is 1. The Labute approximate surface area is 127 Å². The number of halogens is 1. The minimum atomic E-state index is -0.421. The fourth-order valence-corrected chi connectivity index (χ4v) is 1.76. The molecule has 0 aromatic heterocycles. The smallest absolute Gasteiger partial charge is 0.237 e. The van der Waals surface area contributed by atoms with Crippen LogP contribution < -0.4 is 15.8 Å². The molecule has 1 rings (SSSR count). The predicted molar refractivity (Wildman–Crippen MR) is 84.4 cm³/mol. The number of ether oxygens (including phenoxy) is 1. The second-order valence-corrected chi connectivity index (χ2v) is 4.83. The standard InChI is InChI=1S/C15H24N2O2.ClH/c1-4-7-13(16)15(18)17-10-12(3)19-14-9-6-5-8-11(14)2;/h5-6,8-9,12-13H,4,7,10,16H2,1-3H3,(H,17,18);1H. The fourth-order valence-electron chi connectivity index (χ4n) is 1.76. The van der Waals surface area contributed by atoms with E-state index >= 15 is 0 Å². The predicted octanol–water partition coefficient (Wildman–Crippen LogP) is 2.43. The Morgan fingerprint density at radius 3 is 2.65 bits per heavy atom. The largest absolute Gasteiger partial charge is 0.489 e. The van der Waals surface area contributed by atoms with E-state index in [1.165, 1.54) is 0 Å². The van der Waals surface area contributed by atoms with Gasteiger partial charge in [0, 0.05) is 0 Å². The third kappa shape index (κ3) is 6.26. The van der Waals surface area contributed by atoms with Crippen LogP contribution >= 0.6 is 12.4 Å². The van der Waals surface area contributed by atoms with Crippen molar-refractivity contribution in [2.75, 3.05) is 6.54 Å². The monoisotopic (exact) mass is 300 g/mol. The molecule has 3 N–H and O–H groups in total. The third-order valence-electron chi connectivity index (χ3n) is 2.92. The van der Waals surface area contributed by atoms with Crippen molar-refractivity contribution in [1.82, 2.24) is 5.32 Å². The highest BCUT2D eigenvalue weighted by atomic mass is 35.5. The maximum atomic E-state index is 11.7. The molecule has 0 spiro atoms. The minimum Gasteiger partial charge on any atom is -0.489 e. The Morgan fingerprint density at radius 1 is 1.40 bits per heavy atom. The van der Waals surface area contributed by atoms with Crippen molar-refractivity contribution in [2.45, 2.75) is 45.8 Å². The van der Waals surface area contributed by atoms with Crippen molar-refractivity contribution >= 4 is 18.3 Å². The number of amides is 1. The van der Waals surface area contributed by atoms with Crippen LogP contribution in [0.3, 0.4) is 0 Å². The van der Waals surface area contributed by atoms with Crippen LogP contribution in [0.4, 0.5) is 0 Å². The van der Waals surface area contributed by atoms with E-state index in [0.29, 0.717) is 13.0 Å². The van der Waals surface area contributed by atoms with E-state index in [9.17, 15) is 4.79 Å². The number of nitrogens with two attached hydrogens (primary N) is 1. The van der Waals surface area contributed by atoms with E-state index in [1.54, 1.807) is 0 Å². The Bertz CT molecular complexity index is 413. The molecule has 2 atom stereocenters. The van der Waals surface area contributed by atoms with Gasteiger partial charge in [-0.2, -0.15) is 0 Å². The Balaban J connectivity index is 0.00000361. The van der Waals surface area contributed by atoms with Crippen molar-refractivity contribution in [3.63, 3.8) is 0 Å². The molecule has 20 heavy (non-hydrogen) atoms. The number of hydrogen-bond donors (Lipinski definition) is 2. The highest BCUT2D eigenvalue weighted by molar-refractivity contribution is 5.85. The van der Waals surface area contributed by atoms with E-state index in [1.807, 2.05) is 45.0 Å². The molecule has 1 aromatic rings. The second-order valence-electron chi connectivity index (χ2n) is 4.83. The van der Waals surface area contributed by atoms with Gasteiger partial charge in [0.1, 0.15) is 11.9 Å². The SMILES string of the molecule is CCCC(N)C(=O)NCC(C)Oc1ccccc1C.Cl. The highest BCUT2D eigenvalue weighted by Gasteiger charge is 2.13. The fraction of sp³-hybridized carbons (Fsp3) is 0.533. The van der Waals surface area contributed by atoms with Gasteiger partial charge in [-0.05, 0) is 31.9 Å². The van der Waals surface area contributed by atoms with Gasteiger partial charge in [-0.3, -0.25) is 4.79 Å². The molecule has 0 heterocycles. The first kappa shape index (κ1) is 18.7. The van der Waals surface area contributed by atoms with Crippen molar-refractivity contribution in [2.24, 2.45) is 5.73 Å². The number of nitrogens with one attached hydrogen (secondary N) is 1. The van der Waals surface area contributed by atoms with Crippen molar-refractivity contribution in [1.29, 1.82) is 0 Å². The van der Waals surface area contributed by atoms with Gasteiger partial charge in [0.05, 0.1) is 12.6 Å². The van der Waals surface area contributed by atoms with Crippen LogP contribution in [0, 0.1) is 6.92 Å². The molecule has 4 nitrogen and oxygen atoms in total. The number of hydrogen-bond acceptors (Lipinski definition) is 3. The lowest BCUT2D eigenvalue weighted by atomic mass is 10.1. The van der Waals surface area contributed by atoms with Crippen LogP contribution in [0.25, 0.3) is 0 Å². The molecule has 2 unspecified atom stereocenters. The zero-order valence-electron chi connectivity index (χ0n) is 12.4. The summed E-state index contributed by atoms with van der Waals surface area (Å²) in [7, 11) is 0. The quantitative estimate of drug-likeness (QED) is 0.813. The molecule has 0 bridgehead atoms. The van der Waals surface area contributed by atoms with Crippen LogP contribution in [-0.4, -0.2) is 24.6 Å². The average Bonchev–Trinajstić information content (AvgIpc) is 2.39. The Kier molecular flexibility index (Phi) is 9.01. The summed E-state index contributed by atoms with van der Waals surface area (Å²) in [4.78, 5) is 11.7. The van der Waals surface area contributed by atoms with Gasteiger partial charge in [-0.25, -0.2) is 0 Å². The zero-order valence-corrected chi connectivity index (χ0v) is 13.2. The topological polar surface area (TPSA) is 64.4 Å². The summed E-state index contributed by atoms with van der Waals surface area (Å²) in [5, 5.41) is 2.82. The summed E-state index contributed by atoms with van der Waals surface area (Å²) < 4.78 is 5.78. The van der Waals surface area contributed by atoms with Crippen LogP contribution in [0.1, 0.15) is 32.3 Å². The van der Waals surface area contributed by atoms with Gasteiger partial charge < -0.3 is 15.8 Å². The van der Waals surface area contributed by atoms with Gasteiger partial charge in [0.15, 0.2) is 0 Å². The number of benzene rings is 1. The molecule has 0 fully saturated rings. The van der Waals surface area contributed by atoms with Crippen molar-refractivity contribution < 1.29 is 9.53 Å². The first-order valence-corrected chi connectivity index (χ1v) is 6.80. The first-order valence-electron chi connectivity index (χ1n) is 6.80. The molecule has 0 saturated carbocycles. The maximum Gasteiger partial charge on any atom is 0.237 e. The molecule has 0 aliphatic carbocycles. The van der Waals surface area contributed by atoms with Gasteiger partial charge in [0.2, 0.25) is 5.91 Å². The third-order valence-corrected chi connectivity index (χ3v) is 2.92. The number of rotatable bonds is 7. The highest BCUT2D eigenvalue weighted by Crippen LogP contribution is 2.17. The van der Waals surface area contributed by atoms with Crippen LogP contribution in [0.2, 0.25) is 0 Å². The van der Waals surface area contributed by atoms with E-state index in [2.05, 4.69) is 5.32 Å². The Hall–Kier alpha value is -1.26. The van der Waals surface area contributed by atoms with E-state index in [4.69, 9.17) is 10.5 Å². The lowest BCUT2D eigenvalue weighted by Crippen LogP contribution is -2.43. The summed E-state index contributed by atoms with van der Waals surface area (Å²) in [6.45, 7) is 6.40. The van der Waals surface area contributed by atoms with Gasteiger partial charge >= 0.3 is 0 Å². The van der Waals surface area contributed by atoms with Crippen molar-refractivity contribution in [3.05, 3.63) is 29.8 Å². The summed E-state index contributed by atoms with van der Waals surface area (Å²) in [6.07, 6.45) is 1.53. The van der Waals surface area contributed by atoms with E-state index < -0.39 is 6.04 Å². The molecule has 0 aliphatic rings. The molecule has 0 radical (unpaired) electrons. The first-order chi connectivity index (χ1) is 9.04. The summed E-state index contributed by atoms with van der Waals surface area (Å²) in [5.74, 6) is 0.740. The van der Waals surface area contributed by atoms with Crippen molar-refractivity contribution in [3.8, 4) is 5.75 Å². The van der Waals surface area contributed by atoms with Gasteiger partial charge in [-0.1, -0.05) is 31.5 Å². The summed E-state index contributed by atoms with van der Waals surface area (Å²) in [6, 6.07) is 7.41. The summed E-state index contributed by atoms with van der Waals surface area (Å²) >= 11 is 0. The molecule has 1 aromatic carbocycles. The number of para-hydroxylation sites is 1. The molecule has 5 heteroatoms. The second kappa shape index (κ2) is 9.61. The number of carbonyl (C=O) groups excluding carboxylic acids is 1. The Morgan fingerprint density at radius 2 is 2.05 bits per heavy atom. The summed E-state index contributed by atoms with van der Waals surface area (Å²) in [5.41, 5.74) is 6.82. The van der Waals surface area contributed by atoms with Gasteiger partial charge in [-0.15, -0.1) is 12.4 Å². The lowest BCUT2D eigenvalue weighted by molar-refractivity contribution is -0.122. The van der Waals surface area contributed by atoms with E-state index in [0.717, 1.165) is 17.7 Å². The average molecular weight is 301 g/mol. The maximum absolute atomic E-state index is 11.7. The normalized spacial score (nSPS) is 13.0. The molecular weight excluding hydrogens is 276 g/mol. The van der Waals surface area contributed by atoms with Crippen LogP contribution in [0.15, 0.2) is 24.3 Å². The molecule has 0 aliphatic heterocycles. The van der Waals surface area contributed by atoms with E-state index in [-0.39, 0.29) is 24.4 Å². The molecule has 1 amide bonds. The lowest BCUT2D eigenvalue weighted by Gasteiger charge is -2.18. The zero-order chi connectivity index (χ0) is 14.3. The molecule has 0 saturated heterocycles. The molecular formula is C15H25ClN2O2.